The van der Waals surface area contributed by atoms with Crippen LogP contribution in [0.15, 0.2) is 84.9 Å². The molecule has 0 fully saturated rings. The monoisotopic (exact) mass is 373 g/mol. The van der Waals surface area contributed by atoms with Crippen molar-refractivity contribution in [2.75, 3.05) is 0 Å². The van der Waals surface area contributed by atoms with Crippen LogP contribution in [0.2, 0.25) is 0 Å². The zero-order chi connectivity index (χ0) is 18.2. The Morgan fingerprint density at radius 3 is 1.96 bits per heavy atom. The summed E-state index contributed by atoms with van der Waals surface area (Å²) in [7, 11) is 0. The fourth-order valence-corrected chi connectivity index (χ4v) is 6.02. The van der Waals surface area contributed by atoms with E-state index in [2.05, 4.69) is 89.9 Å². The maximum atomic E-state index is 3.65. The third kappa shape index (κ3) is 1.76. The van der Waals surface area contributed by atoms with Crippen molar-refractivity contribution in [3.8, 4) is 0 Å². The summed E-state index contributed by atoms with van der Waals surface area (Å²) in [6.07, 6.45) is 0. The van der Waals surface area contributed by atoms with Gasteiger partial charge in [0.15, 0.2) is 0 Å². The lowest BCUT2D eigenvalue weighted by molar-refractivity contribution is 1.56. The molecule has 2 heteroatoms. The van der Waals surface area contributed by atoms with E-state index in [9.17, 15) is 0 Å². The van der Waals surface area contributed by atoms with E-state index in [1.807, 2.05) is 11.3 Å². The minimum Gasteiger partial charge on any atom is -0.354 e. The van der Waals surface area contributed by atoms with Crippen molar-refractivity contribution >= 4 is 74.9 Å². The minimum absolute atomic E-state index is 1.21. The van der Waals surface area contributed by atoms with E-state index in [0.29, 0.717) is 0 Å². The first-order valence-corrected chi connectivity index (χ1v) is 10.4. The van der Waals surface area contributed by atoms with Gasteiger partial charge in [0.05, 0.1) is 0 Å². The zero-order valence-electron chi connectivity index (χ0n) is 15.0. The smallest absolute Gasteiger partial charge is 0.0479 e. The standard InChI is InChI=1S/C26H15NS/c1-3-7-17-16(6-1)10-14-22-23(17)19-11-13-21-25(26(19)28-22)24-18-8-4-2-5-15(18)9-12-20(24)27-21/h1-14,27H. The lowest BCUT2D eigenvalue weighted by Gasteiger charge is -2.01. The van der Waals surface area contributed by atoms with Gasteiger partial charge in [0, 0.05) is 42.0 Å². The van der Waals surface area contributed by atoms with Gasteiger partial charge in [0.25, 0.3) is 0 Å². The molecule has 0 radical (unpaired) electrons. The Morgan fingerprint density at radius 1 is 0.500 bits per heavy atom. The highest BCUT2D eigenvalue weighted by molar-refractivity contribution is 7.27. The molecule has 0 atom stereocenters. The highest BCUT2D eigenvalue weighted by Gasteiger charge is 2.15. The highest BCUT2D eigenvalue weighted by Crippen LogP contribution is 2.44. The summed E-state index contributed by atoms with van der Waals surface area (Å²) < 4.78 is 2.74. The van der Waals surface area contributed by atoms with Crippen LogP contribution in [0.25, 0.3) is 63.5 Å². The SMILES string of the molecule is c1ccc2c(c1)ccc1sc3c(ccc4[nH]c5ccc6ccccc6c5c43)c12. The van der Waals surface area contributed by atoms with Crippen LogP contribution < -0.4 is 0 Å². The van der Waals surface area contributed by atoms with Gasteiger partial charge < -0.3 is 4.98 Å². The number of hydrogen-bond acceptors (Lipinski definition) is 1. The molecule has 5 aromatic carbocycles. The number of fused-ring (bicyclic) bond motifs is 11. The molecule has 0 saturated heterocycles. The fourth-order valence-electron chi connectivity index (χ4n) is 4.75. The third-order valence-electron chi connectivity index (χ3n) is 5.98. The van der Waals surface area contributed by atoms with E-state index in [4.69, 9.17) is 0 Å². The van der Waals surface area contributed by atoms with Crippen molar-refractivity contribution in [3.63, 3.8) is 0 Å². The van der Waals surface area contributed by atoms with Gasteiger partial charge in [0.1, 0.15) is 0 Å². The zero-order valence-corrected chi connectivity index (χ0v) is 15.8. The van der Waals surface area contributed by atoms with Crippen LogP contribution in [-0.2, 0) is 0 Å². The number of benzene rings is 5. The average molecular weight is 373 g/mol. The van der Waals surface area contributed by atoms with E-state index >= 15 is 0 Å². The van der Waals surface area contributed by atoms with Crippen LogP contribution >= 0.6 is 11.3 Å². The summed E-state index contributed by atoms with van der Waals surface area (Å²) in [6, 6.07) is 30.9. The lowest BCUT2D eigenvalue weighted by atomic mass is 10.0. The van der Waals surface area contributed by atoms with Crippen LogP contribution in [0.3, 0.4) is 0 Å². The predicted molar refractivity (Wildman–Crippen MR) is 124 cm³/mol. The largest absolute Gasteiger partial charge is 0.354 e. The van der Waals surface area contributed by atoms with Crippen molar-refractivity contribution < 1.29 is 0 Å². The summed E-state index contributed by atoms with van der Waals surface area (Å²) in [5.41, 5.74) is 2.43. The molecule has 28 heavy (non-hydrogen) atoms. The first-order chi connectivity index (χ1) is 13.9. The van der Waals surface area contributed by atoms with Gasteiger partial charge in [-0.3, -0.25) is 0 Å². The molecule has 2 aromatic heterocycles. The molecule has 0 unspecified atom stereocenters. The molecular formula is C26H15NS. The number of thiophene rings is 1. The van der Waals surface area contributed by atoms with Crippen LogP contribution in [0.4, 0.5) is 0 Å². The second kappa shape index (κ2) is 5.12. The Bertz CT molecular complexity index is 1720. The predicted octanol–water partition coefficient (Wildman–Crippen LogP) is 8.00. The van der Waals surface area contributed by atoms with Gasteiger partial charge in [-0.05, 0) is 39.7 Å². The topological polar surface area (TPSA) is 15.8 Å². The van der Waals surface area contributed by atoms with Gasteiger partial charge in [0.2, 0.25) is 0 Å². The van der Waals surface area contributed by atoms with Crippen molar-refractivity contribution in [2.24, 2.45) is 0 Å². The molecule has 0 bridgehead atoms. The Morgan fingerprint density at radius 2 is 1.14 bits per heavy atom. The minimum atomic E-state index is 1.21. The van der Waals surface area contributed by atoms with Gasteiger partial charge in [-0.1, -0.05) is 66.7 Å². The lowest BCUT2D eigenvalue weighted by Crippen LogP contribution is -1.75. The first-order valence-electron chi connectivity index (χ1n) is 9.54. The summed E-state index contributed by atoms with van der Waals surface area (Å²) in [6.45, 7) is 0. The fraction of sp³-hybridized carbons (Fsp3) is 0. The second-order valence-corrected chi connectivity index (χ2v) is 8.51. The number of rotatable bonds is 0. The molecule has 0 spiro atoms. The van der Waals surface area contributed by atoms with E-state index in [1.165, 1.54) is 63.5 Å². The maximum Gasteiger partial charge on any atom is 0.0479 e. The molecule has 130 valence electrons. The van der Waals surface area contributed by atoms with Gasteiger partial charge >= 0.3 is 0 Å². The summed E-state index contributed by atoms with van der Waals surface area (Å²) in [4.78, 5) is 3.65. The van der Waals surface area contributed by atoms with Crippen LogP contribution in [0.1, 0.15) is 0 Å². The second-order valence-electron chi connectivity index (χ2n) is 7.46. The van der Waals surface area contributed by atoms with Crippen molar-refractivity contribution in [1.82, 2.24) is 4.98 Å². The molecule has 7 aromatic rings. The molecular weight excluding hydrogens is 358 g/mol. The van der Waals surface area contributed by atoms with E-state index < -0.39 is 0 Å². The Kier molecular flexibility index (Phi) is 2.68. The molecule has 0 aliphatic carbocycles. The third-order valence-corrected chi connectivity index (χ3v) is 7.17. The summed E-state index contributed by atoms with van der Waals surface area (Å²) >= 11 is 1.91. The molecule has 0 amide bonds. The van der Waals surface area contributed by atoms with Crippen LogP contribution in [0, 0.1) is 0 Å². The molecule has 1 N–H and O–H groups in total. The number of aromatic nitrogens is 1. The number of aromatic amines is 1. The molecule has 1 nitrogen and oxygen atoms in total. The van der Waals surface area contributed by atoms with Crippen molar-refractivity contribution in [1.29, 1.82) is 0 Å². The van der Waals surface area contributed by atoms with Gasteiger partial charge in [-0.15, -0.1) is 11.3 Å². The number of H-pyrrole nitrogens is 1. The summed E-state index contributed by atoms with van der Waals surface area (Å²) in [5.74, 6) is 0. The molecule has 2 heterocycles. The average Bonchev–Trinajstić information content (AvgIpc) is 3.32. The number of hydrogen-bond donors (Lipinski definition) is 1. The Hall–Kier alpha value is -3.36. The van der Waals surface area contributed by atoms with E-state index in [0.717, 1.165) is 0 Å². The highest BCUT2D eigenvalue weighted by atomic mass is 32.1. The molecule has 0 saturated carbocycles. The molecule has 0 aliphatic heterocycles. The first kappa shape index (κ1) is 14.7. The quantitative estimate of drug-likeness (QED) is 0.277. The van der Waals surface area contributed by atoms with E-state index in [-0.39, 0.29) is 0 Å². The van der Waals surface area contributed by atoms with Crippen molar-refractivity contribution in [2.45, 2.75) is 0 Å². The number of nitrogens with one attached hydrogen (secondary N) is 1. The van der Waals surface area contributed by atoms with Gasteiger partial charge in [-0.25, -0.2) is 0 Å². The maximum absolute atomic E-state index is 3.65. The van der Waals surface area contributed by atoms with Gasteiger partial charge in [-0.2, -0.15) is 0 Å². The van der Waals surface area contributed by atoms with E-state index in [1.54, 1.807) is 0 Å². The van der Waals surface area contributed by atoms with Crippen LogP contribution in [0.5, 0.6) is 0 Å². The Balaban J connectivity index is 1.79. The Labute approximate surface area is 164 Å². The molecule has 7 rings (SSSR count). The normalized spacial score (nSPS) is 12.3. The molecule has 0 aliphatic rings. The summed E-state index contributed by atoms with van der Waals surface area (Å²) in [5, 5.41) is 10.7. The van der Waals surface area contributed by atoms with Crippen LogP contribution in [-0.4, -0.2) is 4.98 Å². The van der Waals surface area contributed by atoms with Crippen molar-refractivity contribution in [3.05, 3.63) is 84.9 Å².